The van der Waals surface area contributed by atoms with Gasteiger partial charge in [0.1, 0.15) is 6.61 Å². The van der Waals surface area contributed by atoms with Gasteiger partial charge in [-0.2, -0.15) is 0 Å². The van der Waals surface area contributed by atoms with E-state index in [1.165, 1.54) is 7.11 Å². The predicted molar refractivity (Wildman–Crippen MR) is 87.5 cm³/mol. The molecule has 0 bridgehead atoms. The highest BCUT2D eigenvalue weighted by Crippen LogP contribution is 2.17. The second kappa shape index (κ2) is 11.4. The summed E-state index contributed by atoms with van der Waals surface area (Å²) in [6.07, 6.45) is 0.823. The van der Waals surface area contributed by atoms with E-state index in [2.05, 4.69) is 14.9 Å². The van der Waals surface area contributed by atoms with E-state index in [0.717, 1.165) is 0 Å². The highest BCUT2D eigenvalue weighted by Gasteiger charge is 2.23. The normalized spacial score (nSPS) is 12.1. The van der Waals surface area contributed by atoms with Crippen LogP contribution in [0.4, 0.5) is 0 Å². The van der Waals surface area contributed by atoms with Gasteiger partial charge >= 0.3 is 5.97 Å². The number of hydrogen-bond acceptors (Lipinski definition) is 7. The number of esters is 1. The number of carbonyl (C=O) groups excluding carboxylic acids is 2. The summed E-state index contributed by atoms with van der Waals surface area (Å²) in [6, 6.07) is 0. The van der Waals surface area contributed by atoms with Crippen LogP contribution in [0.1, 0.15) is 47.0 Å². The fourth-order valence-corrected chi connectivity index (χ4v) is 1.77. The van der Waals surface area contributed by atoms with Crippen LogP contribution in [0.5, 0.6) is 0 Å². The summed E-state index contributed by atoms with van der Waals surface area (Å²) in [5.41, 5.74) is -0.981. The third-order valence-corrected chi connectivity index (χ3v) is 3.31. The lowest BCUT2D eigenvalue weighted by molar-refractivity contribution is -0.274. The molecule has 0 radical (unpaired) electrons. The summed E-state index contributed by atoms with van der Waals surface area (Å²) >= 11 is 0. The number of methoxy groups -OCH3 is 1. The summed E-state index contributed by atoms with van der Waals surface area (Å²) < 4.78 is 15.8. The highest BCUT2D eigenvalue weighted by atomic mass is 17.1. The van der Waals surface area contributed by atoms with Crippen LogP contribution in [0.2, 0.25) is 0 Å². The Kier molecular flexibility index (Phi) is 10.8. The minimum Gasteiger partial charge on any atom is -0.469 e. The van der Waals surface area contributed by atoms with Crippen molar-refractivity contribution in [3.05, 3.63) is 0 Å². The molecule has 2 N–H and O–H groups in total. The fraction of sp³-hybridized carbons (Fsp3) is 0.875. The van der Waals surface area contributed by atoms with Gasteiger partial charge in [0.05, 0.1) is 37.9 Å². The van der Waals surface area contributed by atoms with Gasteiger partial charge in [-0.05, 0) is 34.1 Å². The van der Waals surface area contributed by atoms with E-state index < -0.39 is 17.2 Å². The maximum atomic E-state index is 11.5. The molecule has 0 aromatic carbocycles. The van der Waals surface area contributed by atoms with E-state index in [1.807, 2.05) is 27.7 Å². The second-order valence-electron chi connectivity index (χ2n) is 6.67. The van der Waals surface area contributed by atoms with Crippen molar-refractivity contribution in [3.8, 4) is 0 Å². The Hall–Kier alpha value is -1.22. The Labute approximate surface area is 143 Å². The number of ether oxygens (including phenoxy) is 3. The molecule has 0 saturated carbocycles. The number of hydrogen-bond donors (Lipinski definition) is 2. The van der Waals surface area contributed by atoms with Crippen molar-refractivity contribution in [2.75, 3.05) is 33.5 Å². The fourth-order valence-electron chi connectivity index (χ4n) is 1.77. The van der Waals surface area contributed by atoms with Crippen molar-refractivity contribution >= 4 is 11.9 Å². The van der Waals surface area contributed by atoms with Crippen molar-refractivity contribution in [3.63, 3.8) is 0 Å². The minimum absolute atomic E-state index is 0.0688. The Morgan fingerprint density at radius 2 is 1.62 bits per heavy atom. The maximum absolute atomic E-state index is 11.5. The molecule has 1 amide bonds. The molecule has 0 saturated heterocycles. The third kappa shape index (κ3) is 12.2. The molecule has 8 heteroatoms. The maximum Gasteiger partial charge on any atom is 0.306 e. The number of nitrogens with one attached hydrogen (secondary N) is 1. The summed E-state index contributed by atoms with van der Waals surface area (Å²) in [5, 5.41) is 11.2. The van der Waals surface area contributed by atoms with Gasteiger partial charge in [-0.3, -0.25) is 14.8 Å². The zero-order chi connectivity index (χ0) is 18.6. The molecule has 0 aliphatic rings. The molecule has 0 spiro atoms. The van der Waals surface area contributed by atoms with Crippen LogP contribution in [0.25, 0.3) is 0 Å². The Morgan fingerprint density at radius 3 is 2.21 bits per heavy atom. The van der Waals surface area contributed by atoms with Crippen LogP contribution >= 0.6 is 0 Å². The first kappa shape index (κ1) is 22.8. The van der Waals surface area contributed by atoms with Gasteiger partial charge in [0.25, 0.3) is 0 Å². The Bertz CT molecular complexity index is 383. The summed E-state index contributed by atoms with van der Waals surface area (Å²) in [4.78, 5) is 26.5. The SMILES string of the molecule is COC(=O)CCC(=O)NCCOC(C)(C)CCOC(C)(C)COO. The zero-order valence-corrected chi connectivity index (χ0v) is 15.3. The van der Waals surface area contributed by atoms with Crippen LogP contribution in [0, 0.1) is 0 Å². The standard InChI is InChI=1S/C16H31NO7/c1-15(2,8-10-22-16(3,4)12-24-20)23-11-9-17-13(18)6-7-14(19)21-5/h20H,6-12H2,1-5H3,(H,17,18). The van der Waals surface area contributed by atoms with Gasteiger partial charge in [0.2, 0.25) is 5.91 Å². The van der Waals surface area contributed by atoms with Crippen molar-refractivity contribution in [1.82, 2.24) is 5.32 Å². The predicted octanol–water partition coefficient (Wildman–Crippen LogP) is 1.53. The monoisotopic (exact) mass is 349 g/mol. The second-order valence-corrected chi connectivity index (χ2v) is 6.67. The van der Waals surface area contributed by atoms with Crippen molar-refractivity contribution in [2.45, 2.75) is 58.2 Å². The van der Waals surface area contributed by atoms with Crippen LogP contribution in [0.15, 0.2) is 0 Å². The van der Waals surface area contributed by atoms with Crippen LogP contribution in [0.3, 0.4) is 0 Å². The van der Waals surface area contributed by atoms with Crippen molar-refractivity contribution < 1.29 is 33.9 Å². The average molecular weight is 349 g/mol. The largest absolute Gasteiger partial charge is 0.469 e. The number of amides is 1. The van der Waals surface area contributed by atoms with E-state index in [0.29, 0.717) is 26.2 Å². The van der Waals surface area contributed by atoms with Crippen molar-refractivity contribution in [1.29, 1.82) is 0 Å². The molecule has 24 heavy (non-hydrogen) atoms. The molecule has 0 aliphatic heterocycles. The summed E-state index contributed by atoms with van der Waals surface area (Å²) in [5.74, 6) is -0.618. The third-order valence-electron chi connectivity index (χ3n) is 3.31. The zero-order valence-electron chi connectivity index (χ0n) is 15.3. The van der Waals surface area contributed by atoms with Gasteiger partial charge < -0.3 is 19.5 Å². The molecule has 0 aromatic rings. The van der Waals surface area contributed by atoms with Crippen LogP contribution in [-0.2, 0) is 28.7 Å². The molecule has 0 atom stereocenters. The smallest absolute Gasteiger partial charge is 0.306 e. The Balaban J connectivity index is 3.84. The van der Waals surface area contributed by atoms with E-state index in [4.69, 9.17) is 14.7 Å². The van der Waals surface area contributed by atoms with Gasteiger partial charge in [-0.1, -0.05) is 0 Å². The topological polar surface area (TPSA) is 103 Å². The molecule has 0 heterocycles. The lowest BCUT2D eigenvalue weighted by Gasteiger charge is -2.29. The van der Waals surface area contributed by atoms with Gasteiger partial charge in [-0.15, -0.1) is 0 Å². The van der Waals surface area contributed by atoms with E-state index in [-0.39, 0.29) is 25.4 Å². The Morgan fingerprint density at radius 1 is 1.00 bits per heavy atom. The molecule has 0 aliphatic carbocycles. The first-order valence-electron chi connectivity index (χ1n) is 8.00. The first-order valence-corrected chi connectivity index (χ1v) is 8.00. The molecule has 8 nitrogen and oxygen atoms in total. The van der Waals surface area contributed by atoms with E-state index in [9.17, 15) is 9.59 Å². The molecule has 0 unspecified atom stereocenters. The van der Waals surface area contributed by atoms with Crippen molar-refractivity contribution in [2.24, 2.45) is 0 Å². The van der Waals surface area contributed by atoms with Crippen LogP contribution < -0.4 is 5.32 Å². The minimum atomic E-state index is -0.571. The van der Waals surface area contributed by atoms with Gasteiger partial charge in [-0.25, -0.2) is 4.89 Å². The number of carbonyl (C=O) groups is 2. The molecular formula is C16H31NO7. The highest BCUT2D eigenvalue weighted by molar-refractivity contribution is 5.81. The van der Waals surface area contributed by atoms with Gasteiger partial charge in [0, 0.05) is 13.0 Å². The van der Waals surface area contributed by atoms with Crippen LogP contribution in [-0.4, -0.2) is 61.8 Å². The molecular weight excluding hydrogens is 318 g/mol. The first-order chi connectivity index (χ1) is 11.1. The molecule has 0 rings (SSSR count). The quantitative estimate of drug-likeness (QED) is 0.225. The van der Waals surface area contributed by atoms with E-state index >= 15 is 0 Å². The lowest BCUT2D eigenvalue weighted by atomic mass is 10.1. The lowest BCUT2D eigenvalue weighted by Crippen LogP contribution is -2.35. The average Bonchev–Trinajstić information content (AvgIpc) is 2.48. The molecule has 0 fully saturated rings. The number of rotatable bonds is 13. The van der Waals surface area contributed by atoms with Gasteiger partial charge in [0.15, 0.2) is 0 Å². The molecule has 142 valence electrons. The summed E-state index contributed by atoms with van der Waals surface area (Å²) in [7, 11) is 1.29. The summed E-state index contributed by atoms with van der Waals surface area (Å²) in [6.45, 7) is 8.78. The van der Waals surface area contributed by atoms with E-state index in [1.54, 1.807) is 0 Å². The molecule has 0 aromatic heterocycles.